The Labute approximate surface area is 159 Å². The van der Waals surface area contributed by atoms with Crippen molar-refractivity contribution in [2.24, 2.45) is 0 Å². The molecule has 0 bridgehead atoms. The second kappa shape index (κ2) is 8.39. The van der Waals surface area contributed by atoms with Crippen LogP contribution in [0.1, 0.15) is 0 Å². The topological polar surface area (TPSA) is 17.0 Å². The molecule has 0 atom stereocenters. The van der Waals surface area contributed by atoms with E-state index in [1.165, 1.54) is 22.3 Å². The second-order valence-corrected chi connectivity index (χ2v) is 6.40. The first-order valence-electron chi connectivity index (χ1n) is 9.05. The van der Waals surface area contributed by atoms with E-state index in [4.69, 9.17) is 4.74 Å². The normalized spacial score (nSPS) is 10.7. The van der Waals surface area contributed by atoms with Crippen molar-refractivity contribution >= 4 is 0 Å². The lowest BCUT2D eigenvalue weighted by Crippen LogP contribution is -2.39. The van der Waals surface area contributed by atoms with Gasteiger partial charge in [0, 0.05) is 24.3 Å². The van der Waals surface area contributed by atoms with Gasteiger partial charge in [-0.25, -0.2) is 0 Å². The highest BCUT2D eigenvalue weighted by Crippen LogP contribution is 2.17. The Hall–Kier alpha value is -3.30. The third-order valence-electron chi connectivity index (χ3n) is 4.48. The van der Waals surface area contributed by atoms with Gasteiger partial charge in [-0.3, -0.25) is 4.74 Å². The van der Waals surface area contributed by atoms with Crippen molar-refractivity contribution < 1.29 is 13.9 Å². The van der Waals surface area contributed by atoms with Crippen LogP contribution in [0, 0.1) is 0 Å². The van der Waals surface area contributed by atoms with Crippen LogP contribution < -0.4 is 9.13 Å². The van der Waals surface area contributed by atoms with Crippen molar-refractivity contribution in [1.29, 1.82) is 0 Å². The fraction of sp³-hybridized carbons (Fsp3) is 0.0833. The van der Waals surface area contributed by atoms with Crippen LogP contribution in [-0.4, -0.2) is 0 Å². The molecular formula is C24H22N2O+2. The summed E-state index contributed by atoms with van der Waals surface area (Å²) in [6.45, 7) is 1.03. The lowest BCUT2D eigenvalue weighted by molar-refractivity contribution is -0.788. The zero-order chi connectivity index (χ0) is 18.3. The van der Waals surface area contributed by atoms with Crippen LogP contribution in [0.25, 0.3) is 22.3 Å². The SMILES string of the molecule is c1ccc(-c2cc[n+](COC[n+]3ccc(-c4ccccc4)cc3)cc2)cc1. The van der Waals surface area contributed by atoms with E-state index in [1.54, 1.807) is 0 Å². The Morgan fingerprint density at radius 3 is 1.15 bits per heavy atom. The number of ether oxygens (including phenoxy) is 1. The molecular weight excluding hydrogens is 332 g/mol. The molecule has 2 heterocycles. The molecule has 0 saturated heterocycles. The van der Waals surface area contributed by atoms with Crippen molar-refractivity contribution in [1.82, 2.24) is 0 Å². The van der Waals surface area contributed by atoms with Crippen LogP contribution in [0.3, 0.4) is 0 Å². The van der Waals surface area contributed by atoms with Gasteiger partial charge in [-0.2, -0.15) is 9.13 Å². The smallest absolute Gasteiger partial charge is 0.257 e. The minimum absolute atomic E-state index is 0.516. The molecule has 4 rings (SSSR count). The molecule has 0 unspecified atom stereocenters. The van der Waals surface area contributed by atoms with E-state index in [9.17, 15) is 0 Å². The summed E-state index contributed by atoms with van der Waals surface area (Å²) in [5.74, 6) is 0. The van der Waals surface area contributed by atoms with Crippen molar-refractivity contribution in [2.45, 2.75) is 13.5 Å². The molecule has 2 aromatic heterocycles. The van der Waals surface area contributed by atoms with Gasteiger partial charge < -0.3 is 0 Å². The first-order valence-corrected chi connectivity index (χ1v) is 9.05. The third-order valence-corrected chi connectivity index (χ3v) is 4.48. The van der Waals surface area contributed by atoms with Gasteiger partial charge in [0.25, 0.3) is 13.5 Å². The van der Waals surface area contributed by atoms with Gasteiger partial charge in [0.05, 0.1) is 0 Å². The Kier molecular flexibility index (Phi) is 5.32. The fourth-order valence-corrected chi connectivity index (χ4v) is 2.98. The third kappa shape index (κ3) is 4.46. The van der Waals surface area contributed by atoms with E-state index >= 15 is 0 Å². The zero-order valence-electron chi connectivity index (χ0n) is 15.1. The van der Waals surface area contributed by atoms with Crippen molar-refractivity contribution in [3.63, 3.8) is 0 Å². The number of nitrogens with zero attached hydrogens (tertiary/aromatic N) is 2. The molecule has 3 heteroatoms. The maximum atomic E-state index is 5.82. The van der Waals surface area contributed by atoms with Crippen molar-refractivity contribution in [3.05, 3.63) is 110 Å². The van der Waals surface area contributed by atoms with Crippen LogP contribution in [0.2, 0.25) is 0 Å². The summed E-state index contributed by atoms with van der Waals surface area (Å²) in [4.78, 5) is 0. The molecule has 0 radical (unpaired) electrons. The molecule has 0 fully saturated rings. The number of hydrogen-bond donors (Lipinski definition) is 0. The number of aromatic nitrogens is 2. The van der Waals surface area contributed by atoms with E-state index in [0.717, 1.165) is 0 Å². The zero-order valence-corrected chi connectivity index (χ0v) is 15.1. The van der Waals surface area contributed by atoms with Gasteiger partial charge in [-0.05, 0) is 22.3 Å². The van der Waals surface area contributed by atoms with Gasteiger partial charge in [-0.1, -0.05) is 60.7 Å². The van der Waals surface area contributed by atoms with Crippen LogP contribution in [0.5, 0.6) is 0 Å². The average molecular weight is 354 g/mol. The number of benzene rings is 2. The molecule has 4 aromatic rings. The largest absolute Gasteiger partial charge is 0.262 e. The van der Waals surface area contributed by atoms with Crippen LogP contribution >= 0.6 is 0 Å². The maximum absolute atomic E-state index is 5.82. The van der Waals surface area contributed by atoms with Crippen LogP contribution in [0.4, 0.5) is 0 Å². The highest BCUT2D eigenvalue weighted by Gasteiger charge is 2.06. The summed E-state index contributed by atoms with van der Waals surface area (Å²) in [6, 6.07) is 29.2. The lowest BCUT2D eigenvalue weighted by Gasteiger charge is -2.02. The first kappa shape index (κ1) is 17.1. The number of rotatable bonds is 6. The average Bonchev–Trinajstić information content (AvgIpc) is 2.76. The molecule has 0 aliphatic carbocycles. The van der Waals surface area contributed by atoms with E-state index in [-0.39, 0.29) is 0 Å². The first-order chi connectivity index (χ1) is 13.4. The van der Waals surface area contributed by atoms with Gasteiger partial charge in [0.1, 0.15) is 0 Å². The standard InChI is InChI=1S/C24H22N2O/c1-3-7-21(8-4-1)23-11-15-25(16-12-23)19-27-20-26-17-13-24(14-18-26)22-9-5-2-6-10-22/h1-18H,19-20H2/q+2. The molecule has 0 saturated carbocycles. The van der Waals surface area contributed by atoms with E-state index in [2.05, 4.69) is 72.8 Å². The summed E-state index contributed by atoms with van der Waals surface area (Å²) in [5.41, 5.74) is 4.86. The maximum Gasteiger partial charge on any atom is 0.257 e. The molecule has 0 aliphatic rings. The fourth-order valence-electron chi connectivity index (χ4n) is 2.98. The number of hydrogen-bond acceptors (Lipinski definition) is 1. The molecule has 0 spiro atoms. The highest BCUT2D eigenvalue weighted by molar-refractivity contribution is 5.62. The minimum Gasteiger partial charge on any atom is -0.262 e. The summed E-state index contributed by atoms with van der Waals surface area (Å²) < 4.78 is 9.89. The van der Waals surface area contributed by atoms with Gasteiger partial charge in [0.15, 0.2) is 24.8 Å². The molecule has 27 heavy (non-hydrogen) atoms. The minimum atomic E-state index is 0.516. The van der Waals surface area contributed by atoms with Crippen LogP contribution in [-0.2, 0) is 18.2 Å². The molecule has 3 nitrogen and oxygen atoms in total. The summed E-state index contributed by atoms with van der Waals surface area (Å²) in [7, 11) is 0. The quantitative estimate of drug-likeness (QED) is 0.474. The van der Waals surface area contributed by atoms with Crippen molar-refractivity contribution in [3.8, 4) is 22.3 Å². The summed E-state index contributed by atoms with van der Waals surface area (Å²) >= 11 is 0. The molecule has 0 N–H and O–H groups in total. The Bertz CT molecular complexity index is 883. The van der Waals surface area contributed by atoms with E-state index in [0.29, 0.717) is 13.5 Å². The number of pyridine rings is 2. The molecule has 0 aliphatic heterocycles. The Morgan fingerprint density at radius 1 is 0.444 bits per heavy atom. The summed E-state index contributed by atoms with van der Waals surface area (Å²) in [6.07, 6.45) is 8.19. The Morgan fingerprint density at radius 2 is 0.778 bits per heavy atom. The Balaban J connectivity index is 1.32. The molecule has 132 valence electrons. The van der Waals surface area contributed by atoms with Crippen LogP contribution in [0.15, 0.2) is 110 Å². The highest BCUT2D eigenvalue weighted by atomic mass is 16.5. The molecule has 0 amide bonds. The summed E-state index contributed by atoms with van der Waals surface area (Å²) in [5, 5.41) is 0. The van der Waals surface area contributed by atoms with Crippen molar-refractivity contribution in [2.75, 3.05) is 0 Å². The predicted molar refractivity (Wildman–Crippen MR) is 105 cm³/mol. The van der Waals surface area contributed by atoms with E-state index in [1.807, 2.05) is 46.1 Å². The van der Waals surface area contributed by atoms with Gasteiger partial charge >= 0.3 is 0 Å². The predicted octanol–water partition coefficient (Wildman–Crippen LogP) is 4.23. The second-order valence-electron chi connectivity index (χ2n) is 6.40. The van der Waals surface area contributed by atoms with E-state index < -0.39 is 0 Å². The monoisotopic (exact) mass is 354 g/mol. The van der Waals surface area contributed by atoms with Gasteiger partial charge in [-0.15, -0.1) is 0 Å². The van der Waals surface area contributed by atoms with Gasteiger partial charge in [0.2, 0.25) is 0 Å². The molecule has 2 aromatic carbocycles. The lowest BCUT2D eigenvalue weighted by atomic mass is 10.1.